The summed E-state index contributed by atoms with van der Waals surface area (Å²) in [6.45, 7) is 0. The van der Waals surface area contributed by atoms with Crippen LogP contribution in [0, 0.1) is 0 Å². The fourth-order valence-corrected chi connectivity index (χ4v) is 11.5. The standard InChI is InChI=1S/C70H46N2/c1-4-19-48(20-5-1)69-63-33-15-13-30-59(63)60-41-37-52(45-65(60)70(69)49-21-6-2-7-22-49)50-24-18-27-56(43-50)71(68-46-53-23-10-11-28-57(53)58-29-12-14-31-61(58)68)55-39-35-47(36-40-55)51-38-42-67-64(44-51)62-32-16-17-34-66(62)72(67)54-25-8-3-9-26-54/h1-46H. The van der Waals surface area contributed by atoms with E-state index in [1.807, 2.05) is 0 Å². The highest BCUT2D eigenvalue weighted by atomic mass is 15.1. The first-order valence-corrected chi connectivity index (χ1v) is 24.8. The summed E-state index contributed by atoms with van der Waals surface area (Å²) in [5.41, 5.74) is 16.5. The molecular formula is C70H46N2. The van der Waals surface area contributed by atoms with Crippen molar-refractivity contribution in [3.8, 4) is 50.2 Å². The molecular weight excluding hydrogens is 869 g/mol. The summed E-state index contributed by atoms with van der Waals surface area (Å²) >= 11 is 0. The normalized spacial score (nSPS) is 11.6. The molecule has 0 aliphatic heterocycles. The molecule has 0 unspecified atom stereocenters. The molecule has 1 aromatic heterocycles. The van der Waals surface area contributed by atoms with E-state index in [0.717, 1.165) is 28.3 Å². The first kappa shape index (κ1) is 41.5. The molecule has 0 radical (unpaired) electrons. The van der Waals surface area contributed by atoms with Gasteiger partial charge in [0.25, 0.3) is 0 Å². The highest BCUT2D eigenvalue weighted by molar-refractivity contribution is 6.22. The van der Waals surface area contributed by atoms with E-state index in [0.29, 0.717) is 0 Å². The highest BCUT2D eigenvalue weighted by Gasteiger charge is 2.21. The lowest BCUT2D eigenvalue weighted by Gasteiger charge is -2.28. The van der Waals surface area contributed by atoms with Crippen LogP contribution in [0.2, 0.25) is 0 Å². The largest absolute Gasteiger partial charge is 0.310 e. The molecule has 0 aliphatic carbocycles. The number of aromatic nitrogens is 1. The molecule has 0 bridgehead atoms. The van der Waals surface area contributed by atoms with Crippen molar-refractivity contribution in [3.63, 3.8) is 0 Å². The maximum Gasteiger partial charge on any atom is 0.0546 e. The van der Waals surface area contributed by atoms with Gasteiger partial charge in [0.05, 0.1) is 16.7 Å². The van der Waals surface area contributed by atoms with Crippen molar-refractivity contribution in [2.45, 2.75) is 0 Å². The summed E-state index contributed by atoms with van der Waals surface area (Å²) in [4.78, 5) is 2.45. The third-order valence-corrected chi connectivity index (χ3v) is 14.7. The smallest absolute Gasteiger partial charge is 0.0546 e. The van der Waals surface area contributed by atoms with Crippen molar-refractivity contribution in [1.82, 2.24) is 4.57 Å². The maximum absolute atomic E-state index is 2.45. The Labute approximate surface area is 418 Å². The van der Waals surface area contributed by atoms with E-state index < -0.39 is 0 Å². The Kier molecular flexibility index (Phi) is 9.89. The Bertz CT molecular complexity index is 4360. The van der Waals surface area contributed by atoms with Crippen LogP contribution in [-0.4, -0.2) is 4.57 Å². The second kappa shape index (κ2) is 17.2. The average molecular weight is 915 g/mol. The Hall–Kier alpha value is -9.50. The topological polar surface area (TPSA) is 8.17 Å². The van der Waals surface area contributed by atoms with Crippen LogP contribution < -0.4 is 4.90 Å². The molecule has 0 saturated carbocycles. The molecule has 0 N–H and O–H groups in total. The molecule has 14 aromatic rings. The Morgan fingerprint density at radius 1 is 0.236 bits per heavy atom. The van der Waals surface area contributed by atoms with Crippen LogP contribution in [0.4, 0.5) is 17.1 Å². The summed E-state index contributed by atoms with van der Waals surface area (Å²) in [6, 6.07) is 102. The first-order chi connectivity index (χ1) is 35.7. The highest BCUT2D eigenvalue weighted by Crippen LogP contribution is 2.47. The SMILES string of the molecule is c1ccc(-c2c(-c3ccccc3)c3cc(-c4cccc(N(c5ccc(-c6ccc7c(c6)c6ccccc6n7-c6ccccc6)cc5)c5cc6ccccc6c6ccccc56)c4)ccc3c3ccccc23)cc1. The number of anilines is 3. The molecule has 14 rings (SSSR count). The second-order valence-electron chi connectivity index (χ2n) is 18.8. The molecule has 0 spiro atoms. The van der Waals surface area contributed by atoms with Crippen molar-refractivity contribution in [3.05, 3.63) is 279 Å². The lowest BCUT2D eigenvalue weighted by atomic mass is 9.84. The fraction of sp³-hybridized carbons (Fsp3) is 0. The van der Waals surface area contributed by atoms with Gasteiger partial charge < -0.3 is 9.47 Å². The Morgan fingerprint density at radius 2 is 0.722 bits per heavy atom. The van der Waals surface area contributed by atoms with E-state index in [9.17, 15) is 0 Å². The van der Waals surface area contributed by atoms with E-state index >= 15 is 0 Å². The zero-order chi connectivity index (χ0) is 47.5. The molecule has 0 amide bonds. The second-order valence-corrected chi connectivity index (χ2v) is 18.8. The van der Waals surface area contributed by atoms with Crippen molar-refractivity contribution in [2.75, 3.05) is 4.90 Å². The molecule has 13 aromatic carbocycles. The van der Waals surface area contributed by atoms with Gasteiger partial charge >= 0.3 is 0 Å². The monoisotopic (exact) mass is 914 g/mol. The molecule has 0 fully saturated rings. The predicted molar refractivity (Wildman–Crippen MR) is 307 cm³/mol. The zero-order valence-electron chi connectivity index (χ0n) is 39.5. The number of fused-ring (bicyclic) bond motifs is 9. The minimum absolute atomic E-state index is 1.09. The third kappa shape index (κ3) is 6.88. The van der Waals surface area contributed by atoms with Gasteiger partial charge in [-0.25, -0.2) is 0 Å². The third-order valence-electron chi connectivity index (χ3n) is 14.7. The minimum atomic E-state index is 1.09. The van der Waals surface area contributed by atoms with Crippen LogP contribution >= 0.6 is 0 Å². The predicted octanol–water partition coefficient (Wildman–Crippen LogP) is 19.5. The molecule has 0 atom stereocenters. The molecule has 1 heterocycles. The van der Waals surface area contributed by atoms with E-state index in [-0.39, 0.29) is 0 Å². The van der Waals surface area contributed by atoms with Gasteiger partial charge in [0.2, 0.25) is 0 Å². The van der Waals surface area contributed by atoms with Gasteiger partial charge in [-0.2, -0.15) is 0 Å². The van der Waals surface area contributed by atoms with Crippen molar-refractivity contribution >= 4 is 82.0 Å². The van der Waals surface area contributed by atoms with Gasteiger partial charge in [0.1, 0.15) is 0 Å². The number of nitrogens with zero attached hydrogens (tertiary/aromatic N) is 2. The molecule has 2 nitrogen and oxygen atoms in total. The zero-order valence-corrected chi connectivity index (χ0v) is 39.5. The number of para-hydroxylation sites is 2. The van der Waals surface area contributed by atoms with Crippen LogP contribution in [0.15, 0.2) is 279 Å². The first-order valence-electron chi connectivity index (χ1n) is 24.8. The van der Waals surface area contributed by atoms with Crippen LogP contribution in [0.3, 0.4) is 0 Å². The summed E-state index contributed by atoms with van der Waals surface area (Å²) in [5.74, 6) is 0. The average Bonchev–Trinajstić information content (AvgIpc) is 3.79. The molecule has 72 heavy (non-hydrogen) atoms. The Morgan fingerprint density at radius 3 is 1.46 bits per heavy atom. The molecule has 0 saturated heterocycles. The van der Waals surface area contributed by atoms with E-state index in [1.54, 1.807) is 0 Å². The van der Waals surface area contributed by atoms with E-state index in [2.05, 4.69) is 289 Å². The van der Waals surface area contributed by atoms with E-state index in [1.165, 1.54) is 104 Å². The summed E-state index contributed by atoms with van der Waals surface area (Å²) in [7, 11) is 0. The molecule has 336 valence electrons. The summed E-state index contributed by atoms with van der Waals surface area (Å²) in [5, 5.41) is 12.4. The van der Waals surface area contributed by atoms with Crippen molar-refractivity contribution < 1.29 is 0 Å². The van der Waals surface area contributed by atoms with Crippen molar-refractivity contribution in [1.29, 1.82) is 0 Å². The van der Waals surface area contributed by atoms with Crippen LogP contribution in [-0.2, 0) is 0 Å². The minimum Gasteiger partial charge on any atom is -0.310 e. The number of hydrogen-bond donors (Lipinski definition) is 0. The summed E-state index contributed by atoms with van der Waals surface area (Å²) in [6.07, 6.45) is 0. The Balaban J connectivity index is 0.940. The van der Waals surface area contributed by atoms with Gasteiger partial charge in [-0.05, 0) is 149 Å². The van der Waals surface area contributed by atoms with Gasteiger partial charge in [0, 0.05) is 33.2 Å². The van der Waals surface area contributed by atoms with Gasteiger partial charge in [-0.15, -0.1) is 0 Å². The van der Waals surface area contributed by atoms with Gasteiger partial charge in [-0.1, -0.05) is 212 Å². The molecule has 0 aliphatic rings. The lowest BCUT2D eigenvalue weighted by molar-refractivity contribution is 1.18. The van der Waals surface area contributed by atoms with Crippen LogP contribution in [0.5, 0.6) is 0 Å². The number of hydrogen-bond acceptors (Lipinski definition) is 1. The summed E-state index contributed by atoms with van der Waals surface area (Å²) < 4.78 is 2.38. The lowest BCUT2D eigenvalue weighted by Crippen LogP contribution is -2.10. The van der Waals surface area contributed by atoms with E-state index in [4.69, 9.17) is 0 Å². The van der Waals surface area contributed by atoms with Crippen LogP contribution in [0.25, 0.3) is 115 Å². The van der Waals surface area contributed by atoms with Gasteiger partial charge in [-0.3, -0.25) is 0 Å². The number of rotatable bonds is 8. The van der Waals surface area contributed by atoms with Crippen LogP contribution in [0.1, 0.15) is 0 Å². The van der Waals surface area contributed by atoms with Gasteiger partial charge in [0.15, 0.2) is 0 Å². The number of benzene rings is 13. The quantitative estimate of drug-likeness (QED) is 0.138. The maximum atomic E-state index is 2.45. The molecule has 2 heteroatoms. The van der Waals surface area contributed by atoms with Crippen molar-refractivity contribution in [2.24, 2.45) is 0 Å². The fourth-order valence-electron chi connectivity index (χ4n) is 11.5.